The average Bonchev–Trinajstić information content (AvgIpc) is 2.72. The maximum atomic E-state index is 12.0. The van der Waals surface area contributed by atoms with Crippen molar-refractivity contribution in [3.8, 4) is 0 Å². The molecule has 0 saturated carbocycles. The summed E-state index contributed by atoms with van der Waals surface area (Å²) in [5.41, 5.74) is 9.25. The third-order valence-corrected chi connectivity index (χ3v) is 4.72. The zero-order valence-corrected chi connectivity index (χ0v) is 19.6. The summed E-state index contributed by atoms with van der Waals surface area (Å²) in [5, 5.41) is 0. The fraction of sp³-hybridized carbons (Fsp3) is 0.417. The van der Waals surface area contributed by atoms with Gasteiger partial charge in [0.25, 0.3) is 0 Å². The van der Waals surface area contributed by atoms with Gasteiger partial charge in [-0.25, -0.2) is 0 Å². The molecule has 0 amide bonds. The summed E-state index contributed by atoms with van der Waals surface area (Å²) >= 11 is 3.32. The van der Waals surface area contributed by atoms with E-state index in [2.05, 4.69) is 29.4 Å². The molecule has 1 aliphatic rings. The number of rotatable bonds is 7. The minimum absolute atomic E-state index is 0.110. The van der Waals surface area contributed by atoms with Gasteiger partial charge in [0.2, 0.25) is 0 Å². The van der Waals surface area contributed by atoms with Crippen molar-refractivity contribution in [2.24, 2.45) is 5.73 Å². The molecule has 0 aliphatic heterocycles. The van der Waals surface area contributed by atoms with Crippen LogP contribution in [0, 0.1) is 0 Å². The van der Waals surface area contributed by atoms with Gasteiger partial charge < -0.3 is 5.73 Å². The maximum absolute atomic E-state index is 12.0. The summed E-state index contributed by atoms with van der Waals surface area (Å²) in [6, 6.07) is 0. The van der Waals surface area contributed by atoms with Crippen LogP contribution >= 0.6 is 15.9 Å². The van der Waals surface area contributed by atoms with Crippen LogP contribution in [-0.2, 0) is 9.59 Å². The van der Waals surface area contributed by atoms with E-state index >= 15 is 0 Å². The number of carbonyl (C=O) groups excluding carboxylic acids is 2. The van der Waals surface area contributed by atoms with Gasteiger partial charge >= 0.3 is 0 Å². The van der Waals surface area contributed by atoms with Crippen LogP contribution in [0.3, 0.4) is 0 Å². The first-order valence-corrected chi connectivity index (χ1v) is 10.6. The molecule has 0 saturated heterocycles. The van der Waals surface area contributed by atoms with Crippen molar-refractivity contribution in [3.63, 3.8) is 0 Å². The first-order valence-electron chi connectivity index (χ1n) is 9.80. The largest absolute Gasteiger partial charge is 0.402 e. The molecule has 0 aromatic carbocycles. The van der Waals surface area contributed by atoms with E-state index in [1.54, 1.807) is 31.2 Å². The maximum Gasteiger partial charge on any atom is 0.188 e. The molecule has 156 valence electrons. The highest BCUT2D eigenvalue weighted by Gasteiger charge is 2.09. The highest BCUT2D eigenvalue weighted by Crippen LogP contribution is 2.19. The summed E-state index contributed by atoms with van der Waals surface area (Å²) in [4.78, 5) is 22.2. The van der Waals surface area contributed by atoms with Crippen molar-refractivity contribution < 1.29 is 9.59 Å². The normalized spacial score (nSPS) is 14.9. The number of nitrogens with two attached hydrogens (primary N) is 1. The lowest BCUT2D eigenvalue weighted by molar-refractivity contribution is -0.112. The molecule has 0 radical (unpaired) electrons. The van der Waals surface area contributed by atoms with Crippen LogP contribution in [0.4, 0.5) is 0 Å². The second-order valence-corrected chi connectivity index (χ2v) is 6.87. The molecule has 0 atom stereocenters. The SMILES string of the molecule is C=C(/C=C\C(Br)=C/C)C(=O)/C(=C/C)C/C=C\C=O.CC.CC1=C(N)CCCC1. The molecular weight excluding hydrogens is 414 g/mol. The van der Waals surface area contributed by atoms with Gasteiger partial charge in [-0.2, -0.15) is 0 Å². The summed E-state index contributed by atoms with van der Waals surface area (Å²) in [6.45, 7) is 13.6. The lowest BCUT2D eigenvalue weighted by Gasteiger charge is -2.12. The third-order valence-electron chi connectivity index (χ3n) is 4.00. The smallest absolute Gasteiger partial charge is 0.188 e. The molecule has 0 aromatic rings. The van der Waals surface area contributed by atoms with Gasteiger partial charge in [-0.3, -0.25) is 9.59 Å². The van der Waals surface area contributed by atoms with Gasteiger partial charge in [-0.05, 0) is 70.6 Å². The summed E-state index contributed by atoms with van der Waals surface area (Å²) in [6.07, 6.45) is 16.2. The molecule has 1 rings (SSSR count). The molecule has 0 aromatic heterocycles. The van der Waals surface area contributed by atoms with Crippen molar-refractivity contribution in [1.82, 2.24) is 0 Å². The van der Waals surface area contributed by atoms with E-state index in [0.29, 0.717) is 23.9 Å². The first kappa shape index (κ1) is 28.3. The van der Waals surface area contributed by atoms with Crippen molar-refractivity contribution >= 4 is 28.0 Å². The first-order chi connectivity index (χ1) is 13.4. The fourth-order valence-electron chi connectivity index (χ4n) is 2.23. The van der Waals surface area contributed by atoms with Crippen molar-refractivity contribution in [3.05, 3.63) is 69.9 Å². The molecule has 0 spiro atoms. The highest BCUT2D eigenvalue weighted by molar-refractivity contribution is 9.11. The molecule has 0 fully saturated rings. The third kappa shape index (κ3) is 13.3. The Morgan fingerprint density at radius 2 is 1.75 bits per heavy atom. The van der Waals surface area contributed by atoms with Crippen molar-refractivity contribution in [2.75, 3.05) is 0 Å². The number of halogens is 1. The lowest BCUT2D eigenvalue weighted by Crippen LogP contribution is -2.05. The van der Waals surface area contributed by atoms with Gasteiger partial charge in [0.1, 0.15) is 6.29 Å². The monoisotopic (exact) mass is 449 g/mol. The van der Waals surface area contributed by atoms with Gasteiger partial charge in [0.05, 0.1) is 0 Å². The predicted molar refractivity (Wildman–Crippen MR) is 126 cm³/mol. The number of aldehydes is 1. The van der Waals surface area contributed by atoms with Gasteiger partial charge in [-0.1, -0.05) is 66.2 Å². The molecule has 2 N–H and O–H groups in total. The van der Waals surface area contributed by atoms with Gasteiger partial charge in [-0.15, -0.1) is 0 Å². The number of hydrogen-bond acceptors (Lipinski definition) is 3. The average molecular weight is 450 g/mol. The molecule has 0 heterocycles. The summed E-state index contributed by atoms with van der Waals surface area (Å²) < 4.78 is 0.888. The van der Waals surface area contributed by atoms with Gasteiger partial charge in [0, 0.05) is 15.8 Å². The van der Waals surface area contributed by atoms with Crippen LogP contribution in [0.15, 0.2) is 69.9 Å². The molecule has 0 bridgehead atoms. The van der Waals surface area contributed by atoms with Crippen LogP contribution in [-0.4, -0.2) is 12.1 Å². The fourth-order valence-corrected chi connectivity index (χ4v) is 2.36. The minimum Gasteiger partial charge on any atom is -0.402 e. The number of ketones is 1. The molecule has 0 unspecified atom stereocenters. The predicted octanol–water partition coefficient (Wildman–Crippen LogP) is 6.88. The Hall–Kier alpha value is -1.94. The molecule has 3 nitrogen and oxygen atoms in total. The Kier molecular flexibility index (Phi) is 18.6. The Morgan fingerprint density at radius 3 is 2.18 bits per heavy atom. The number of Topliss-reactive ketones (excluding diaryl/α,β-unsaturated/α-hetero) is 1. The standard InChI is InChI=1S/C15H17BrO2.C7H13N.C2H6/c1-4-13(8-6-7-11-17)15(18)12(3)9-10-14(16)5-2;1-6-4-2-3-5-7(6)8;1-2/h4-7,9-11H,3,8H2,1-2H3;2-5,8H2,1H3;1-2H3/b7-6-,10-9-,13-4+,14-5+;;. The van der Waals surface area contributed by atoms with Crippen molar-refractivity contribution in [2.45, 2.75) is 66.7 Å². The minimum atomic E-state index is -0.110. The molecule has 1 aliphatic carbocycles. The van der Waals surface area contributed by atoms with Gasteiger partial charge in [0.15, 0.2) is 5.78 Å². The van der Waals surface area contributed by atoms with E-state index in [1.165, 1.54) is 30.9 Å². The second-order valence-electron chi connectivity index (χ2n) is 5.96. The van der Waals surface area contributed by atoms with E-state index < -0.39 is 0 Å². The van der Waals surface area contributed by atoms with Crippen LogP contribution in [0.25, 0.3) is 0 Å². The van der Waals surface area contributed by atoms with Crippen molar-refractivity contribution in [1.29, 1.82) is 0 Å². The molecule has 4 heteroatoms. The van der Waals surface area contributed by atoms with Crippen LogP contribution in [0.5, 0.6) is 0 Å². The zero-order valence-electron chi connectivity index (χ0n) is 18.1. The van der Waals surface area contributed by atoms with Crippen LogP contribution < -0.4 is 5.73 Å². The Labute approximate surface area is 180 Å². The Morgan fingerprint density at radius 1 is 1.14 bits per heavy atom. The van der Waals surface area contributed by atoms with Crippen LogP contribution in [0.1, 0.15) is 66.7 Å². The summed E-state index contributed by atoms with van der Waals surface area (Å²) in [5.74, 6) is -0.110. The van der Waals surface area contributed by atoms with E-state index in [1.807, 2.05) is 26.8 Å². The lowest BCUT2D eigenvalue weighted by atomic mass is 9.98. The van der Waals surface area contributed by atoms with E-state index in [4.69, 9.17) is 5.73 Å². The quantitative estimate of drug-likeness (QED) is 0.261. The van der Waals surface area contributed by atoms with E-state index in [0.717, 1.165) is 16.6 Å². The Bertz CT molecular complexity index is 636. The van der Waals surface area contributed by atoms with E-state index in [9.17, 15) is 9.59 Å². The number of hydrogen-bond donors (Lipinski definition) is 1. The van der Waals surface area contributed by atoms with Crippen LogP contribution in [0.2, 0.25) is 0 Å². The zero-order chi connectivity index (χ0) is 21.9. The molecule has 28 heavy (non-hydrogen) atoms. The topological polar surface area (TPSA) is 60.2 Å². The number of carbonyl (C=O) groups is 2. The Balaban J connectivity index is 0. The highest BCUT2D eigenvalue weighted by atomic mass is 79.9. The second kappa shape index (κ2) is 18.4. The number of allylic oxidation sites excluding steroid dienone is 11. The summed E-state index contributed by atoms with van der Waals surface area (Å²) in [7, 11) is 0. The van der Waals surface area contributed by atoms with E-state index in [-0.39, 0.29) is 5.78 Å². The molecular formula is C24H36BrNO2.